The molecule has 5 nitrogen and oxygen atoms in total. The summed E-state index contributed by atoms with van der Waals surface area (Å²) in [6, 6.07) is 14.8. The number of ether oxygens (including phenoxy) is 1. The van der Waals surface area contributed by atoms with Crippen molar-refractivity contribution in [3.8, 4) is 5.75 Å². The summed E-state index contributed by atoms with van der Waals surface area (Å²) in [6.07, 6.45) is 0. The van der Waals surface area contributed by atoms with Crippen LogP contribution in [0.3, 0.4) is 0 Å². The van der Waals surface area contributed by atoms with Crippen LogP contribution < -0.4 is 10.1 Å². The molecule has 0 aliphatic rings. The first-order valence-electron chi connectivity index (χ1n) is 10.6. The van der Waals surface area contributed by atoms with Crippen molar-refractivity contribution in [2.75, 3.05) is 6.61 Å². The van der Waals surface area contributed by atoms with Gasteiger partial charge in [0.05, 0.1) is 0 Å². The van der Waals surface area contributed by atoms with Gasteiger partial charge in [0, 0.05) is 16.6 Å². The molecule has 168 valence electrons. The maximum Gasteiger partial charge on any atom is 0.261 e. The molecule has 1 N–H and O–H groups in total. The highest BCUT2D eigenvalue weighted by molar-refractivity contribution is 9.10. The van der Waals surface area contributed by atoms with Crippen LogP contribution in [0.2, 0.25) is 0 Å². The molecule has 0 bridgehead atoms. The SMILES string of the molecule is CC(C)c1ccccc1OCC(=O)N(Cc1ccc(Br)cc1)C(C)C(=O)NC(C)(C)C. The first-order valence-corrected chi connectivity index (χ1v) is 11.3. The van der Waals surface area contributed by atoms with E-state index >= 15 is 0 Å². The van der Waals surface area contributed by atoms with Gasteiger partial charge in [0.15, 0.2) is 6.61 Å². The van der Waals surface area contributed by atoms with E-state index in [1.807, 2.05) is 69.3 Å². The fraction of sp³-hybridized carbons (Fsp3) is 0.440. The largest absolute Gasteiger partial charge is 0.483 e. The second-order valence-corrected chi connectivity index (χ2v) is 9.96. The lowest BCUT2D eigenvalue weighted by atomic mass is 10.0. The van der Waals surface area contributed by atoms with Crippen LogP contribution in [-0.2, 0) is 16.1 Å². The molecule has 0 aromatic heterocycles. The van der Waals surface area contributed by atoms with Gasteiger partial charge in [-0.2, -0.15) is 0 Å². The van der Waals surface area contributed by atoms with E-state index in [1.165, 1.54) is 0 Å². The summed E-state index contributed by atoms with van der Waals surface area (Å²) in [7, 11) is 0. The molecule has 0 aliphatic carbocycles. The number of benzene rings is 2. The second-order valence-electron chi connectivity index (χ2n) is 9.04. The van der Waals surface area contributed by atoms with Gasteiger partial charge >= 0.3 is 0 Å². The van der Waals surface area contributed by atoms with Crippen molar-refractivity contribution < 1.29 is 14.3 Å². The lowest BCUT2D eigenvalue weighted by molar-refractivity contribution is -0.142. The van der Waals surface area contributed by atoms with Crippen LogP contribution in [0, 0.1) is 0 Å². The molecule has 2 aromatic rings. The summed E-state index contributed by atoms with van der Waals surface area (Å²) in [5, 5.41) is 2.97. The van der Waals surface area contributed by atoms with E-state index in [0.717, 1.165) is 15.6 Å². The molecule has 2 aromatic carbocycles. The van der Waals surface area contributed by atoms with E-state index in [-0.39, 0.29) is 29.9 Å². The van der Waals surface area contributed by atoms with E-state index in [2.05, 4.69) is 35.1 Å². The minimum absolute atomic E-state index is 0.132. The summed E-state index contributed by atoms with van der Waals surface area (Å²) in [5.74, 6) is 0.543. The van der Waals surface area contributed by atoms with Gasteiger partial charge in [0.1, 0.15) is 11.8 Å². The molecular weight excluding hydrogens is 456 g/mol. The Hall–Kier alpha value is -2.34. The van der Waals surface area contributed by atoms with Gasteiger partial charge in [-0.1, -0.05) is 60.1 Å². The van der Waals surface area contributed by atoms with Crippen molar-refractivity contribution in [3.05, 3.63) is 64.1 Å². The number of carbonyl (C=O) groups is 2. The lowest BCUT2D eigenvalue weighted by Crippen LogP contribution is -2.53. The Morgan fingerprint density at radius 3 is 2.23 bits per heavy atom. The van der Waals surface area contributed by atoms with Crippen LogP contribution in [0.25, 0.3) is 0 Å². The smallest absolute Gasteiger partial charge is 0.261 e. The second kappa shape index (κ2) is 10.8. The summed E-state index contributed by atoms with van der Waals surface area (Å²) >= 11 is 3.43. The molecule has 0 saturated heterocycles. The lowest BCUT2D eigenvalue weighted by Gasteiger charge is -2.31. The maximum absolute atomic E-state index is 13.2. The molecule has 6 heteroatoms. The first kappa shape index (κ1) is 24.9. The molecule has 0 saturated carbocycles. The number of hydrogen-bond donors (Lipinski definition) is 1. The van der Waals surface area contributed by atoms with Crippen molar-refractivity contribution in [2.45, 2.75) is 65.6 Å². The Morgan fingerprint density at radius 2 is 1.65 bits per heavy atom. The van der Waals surface area contributed by atoms with Crippen molar-refractivity contribution in [3.63, 3.8) is 0 Å². The quantitative estimate of drug-likeness (QED) is 0.549. The Kier molecular flexibility index (Phi) is 8.69. The number of rotatable bonds is 8. The van der Waals surface area contributed by atoms with Crippen molar-refractivity contribution in [1.82, 2.24) is 10.2 Å². The number of nitrogens with one attached hydrogen (secondary N) is 1. The van der Waals surface area contributed by atoms with E-state index in [0.29, 0.717) is 12.3 Å². The Bertz CT molecular complexity index is 888. The van der Waals surface area contributed by atoms with Gasteiger partial charge < -0.3 is 15.0 Å². The molecule has 2 amide bonds. The molecule has 0 radical (unpaired) electrons. The molecule has 0 aliphatic heterocycles. The van der Waals surface area contributed by atoms with Gasteiger partial charge in [-0.3, -0.25) is 9.59 Å². The normalized spacial score (nSPS) is 12.4. The van der Waals surface area contributed by atoms with Gasteiger partial charge in [-0.05, 0) is 62.9 Å². The topological polar surface area (TPSA) is 58.6 Å². The molecule has 1 atom stereocenters. The minimum atomic E-state index is -0.640. The molecule has 0 spiro atoms. The fourth-order valence-electron chi connectivity index (χ4n) is 3.15. The highest BCUT2D eigenvalue weighted by Gasteiger charge is 2.28. The molecule has 0 heterocycles. The number of hydrogen-bond acceptors (Lipinski definition) is 3. The molecular formula is C25H33BrN2O3. The predicted molar refractivity (Wildman–Crippen MR) is 128 cm³/mol. The van der Waals surface area contributed by atoms with Gasteiger partial charge in [-0.25, -0.2) is 0 Å². The van der Waals surface area contributed by atoms with Crippen LogP contribution in [-0.4, -0.2) is 34.9 Å². The zero-order valence-corrected chi connectivity index (χ0v) is 20.8. The Balaban J connectivity index is 2.21. The highest BCUT2D eigenvalue weighted by atomic mass is 79.9. The van der Waals surface area contributed by atoms with Gasteiger partial charge in [0.2, 0.25) is 5.91 Å². The van der Waals surface area contributed by atoms with E-state index < -0.39 is 6.04 Å². The van der Waals surface area contributed by atoms with Crippen LogP contribution in [0.5, 0.6) is 5.75 Å². The average Bonchev–Trinajstić information content (AvgIpc) is 2.70. The Labute approximate surface area is 194 Å². The summed E-state index contributed by atoms with van der Waals surface area (Å²) in [4.78, 5) is 27.6. The first-order chi connectivity index (χ1) is 14.5. The van der Waals surface area contributed by atoms with E-state index in [9.17, 15) is 9.59 Å². The Morgan fingerprint density at radius 1 is 1.03 bits per heavy atom. The predicted octanol–water partition coefficient (Wildman–Crippen LogP) is 5.28. The van der Waals surface area contributed by atoms with Crippen LogP contribution in [0.4, 0.5) is 0 Å². The number of halogens is 1. The fourth-order valence-corrected chi connectivity index (χ4v) is 3.42. The summed E-state index contributed by atoms with van der Waals surface area (Å²) in [6.45, 7) is 11.9. The van der Waals surface area contributed by atoms with Crippen LogP contribution in [0.1, 0.15) is 58.6 Å². The molecule has 2 rings (SSSR count). The summed E-state index contributed by atoms with van der Waals surface area (Å²) < 4.78 is 6.86. The van der Waals surface area contributed by atoms with Crippen LogP contribution >= 0.6 is 15.9 Å². The average molecular weight is 489 g/mol. The van der Waals surface area contributed by atoms with Gasteiger partial charge in [-0.15, -0.1) is 0 Å². The maximum atomic E-state index is 13.2. The number of carbonyl (C=O) groups excluding carboxylic acids is 2. The van der Waals surface area contributed by atoms with E-state index in [4.69, 9.17) is 4.74 Å². The molecule has 31 heavy (non-hydrogen) atoms. The molecule has 1 unspecified atom stereocenters. The minimum Gasteiger partial charge on any atom is -0.483 e. The zero-order valence-electron chi connectivity index (χ0n) is 19.2. The highest BCUT2D eigenvalue weighted by Crippen LogP contribution is 2.26. The number of amides is 2. The zero-order chi connectivity index (χ0) is 23.2. The third-order valence-corrected chi connectivity index (χ3v) is 5.35. The summed E-state index contributed by atoms with van der Waals surface area (Å²) in [5.41, 5.74) is 1.60. The number of nitrogens with zero attached hydrogens (tertiary/aromatic N) is 1. The monoisotopic (exact) mass is 488 g/mol. The third-order valence-electron chi connectivity index (χ3n) is 4.82. The van der Waals surface area contributed by atoms with Gasteiger partial charge in [0.25, 0.3) is 5.91 Å². The van der Waals surface area contributed by atoms with Crippen LogP contribution in [0.15, 0.2) is 53.0 Å². The standard InChI is InChI=1S/C25H33BrN2O3/c1-17(2)21-9-7-8-10-22(21)31-16-23(29)28(15-19-11-13-20(26)14-12-19)18(3)24(30)27-25(4,5)6/h7-14,17-18H,15-16H2,1-6H3,(H,27,30). The van der Waals surface area contributed by atoms with Crippen molar-refractivity contribution in [1.29, 1.82) is 0 Å². The van der Waals surface area contributed by atoms with Crippen molar-refractivity contribution in [2.24, 2.45) is 0 Å². The van der Waals surface area contributed by atoms with E-state index in [1.54, 1.807) is 11.8 Å². The third kappa shape index (κ3) is 7.69. The molecule has 0 fully saturated rings. The van der Waals surface area contributed by atoms with Crippen molar-refractivity contribution >= 4 is 27.7 Å². The number of para-hydroxylation sites is 1.